The molecule has 0 fully saturated rings. The number of anilines is 1. The molecule has 3 aromatic rings. The van der Waals surface area contributed by atoms with Gasteiger partial charge in [0, 0.05) is 24.0 Å². The summed E-state index contributed by atoms with van der Waals surface area (Å²) in [5.41, 5.74) is -0.249. The number of aromatic nitrogens is 1. The number of hydrogen-bond donors (Lipinski definition) is 1. The molecule has 164 valence electrons. The molecule has 1 heterocycles. The molecule has 0 aliphatic heterocycles. The number of hydrogen-bond acceptors (Lipinski definition) is 5. The van der Waals surface area contributed by atoms with Crippen molar-refractivity contribution in [2.24, 2.45) is 0 Å². The van der Waals surface area contributed by atoms with Crippen molar-refractivity contribution in [3.8, 4) is 23.1 Å². The number of nitrogens with zero attached hydrogens (tertiary/aromatic N) is 1. The molecule has 1 N–H and O–H groups in total. The van der Waals surface area contributed by atoms with Crippen molar-refractivity contribution in [2.45, 2.75) is 19.1 Å². The second-order valence-electron chi connectivity index (χ2n) is 6.18. The van der Waals surface area contributed by atoms with Crippen LogP contribution in [-0.2, 0) is 12.7 Å². The fraction of sp³-hybridized carbons (Fsp3) is 0.150. The second-order valence-corrected chi connectivity index (χ2v) is 6.18. The summed E-state index contributed by atoms with van der Waals surface area (Å²) in [7, 11) is 0. The molecule has 0 saturated carbocycles. The standard InChI is InChI=1S/C20H14F6N2O3/c21-19(22,23)13-2-1-12(11-28-14-7-8-27-18(29)10-14)17(9-13)30-15-3-5-16(6-4-15)31-20(24,25)26/h1-10H,11H2,(H2,27,28,29)/p-1. The van der Waals surface area contributed by atoms with Crippen LogP contribution in [0.2, 0.25) is 0 Å². The van der Waals surface area contributed by atoms with Crippen molar-refractivity contribution in [3.63, 3.8) is 0 Å². The van der Waals surface area contributed by atoms with Crippen LogP contribution in [0, 0.1) is 0 Å². The quantitative estimate of drug-likeness (QED) is 0.512. The van der Waals surface area contributed by atoms with E-state index in [1.54, 1.807) is 0 Å². The van der Waals surface area contributed by atoms with E-state index in [9.17, 15) is 31.4 Å². The predicted molar refractivity (Wildman–Crippen MR) is 95.7 cm³/mol. The molecule has 31 heavy (non-hydrogen) atoms. The summed E-state index contributed by atoms with van der Waals surface area (Å²) >= 11 is 0. The minimum absolute atomic E-state index is 0.000791. The molecule has 0 bridgehead atoms. The van der Waals surface area contributed by atoms with Crippen molar-refractivity contribution < 1.29 is 40.9 Å². The molecule has 5 nitrogen and oxygen atoms in total. The van der Waals surface area contributed by atoms with Gasteiger partial charge in [0.1, 0.15) is 17.2 Å². The third-order valence-electron chi connectivity index (χ3n) is 3.90. The zero-order valence-corrected chi connectivity index (χ0v) is 15.4. The summed E-state index contributed by atoms with van der Waals surface area (Å²) in [6, 6.07) is 9.78. The highest BCUT2D eigenvalue weighted by molar-refractivity contribution is 5.48. The lowest BCUT2D eigenvalue weighted by atomic mass is 10.1. The van der Waals surface area contributed by atoms with E-state index < -0.39 is 29.7 Å². The van der Waals surface area contributed by atoms with Gasteiger partial charge in [-0.25, -0.2) is 0 Å². The molecule has 0 saturated heterocycles. The summed E-state index contributed by atoms with van der Waals surface area (Å²) in [6.45, 7) is 0.00614. The maximum atomic E-state index is 13.1. The number of benzene rings is 2. The summed E-state index contributed by atoms with van der Waals surface area (Å²) in [5, 5.41) is 14.2. The lowest BCUT2D eigenvalue weighted by Crippen LogP contribution is -2.16. The topological polar surface area (TPSA) is 66.4 Å². The first-order valence-corrected chi connectivity index (χ1v) is 8.60. The fourth-order valence-corrected chi connectivity index (χ4v) is 2.52. The van der Waals surface area contributed by atoms with Crippen LogP contribution >= 0.6 is 0 Å². The second kappa shape index (κ2) is 8.62. The van der Waals surface area contributed by atoms with Crippen molar-refractivity contribution in [3.05, 3.63) is 71.9 Å². The third kappa shape index (κ3) is 6.43. The fourth-order valence-electron chi connectivity index (χ4n) is 2.52. The summed E-state index contributed by atoms with van der Waals surface area (Å²) in [6.07, 6.45) is -8.23. The van der Waals surface area contributed by atoms with E-state index in [2.05, 4.69) is 15.0 Å². The molecule has 0 amide bonds. The van der Waals surface area contributed by atoms with Crippen LogP contribution in [0.4, 0.5) is 32.0 Å². The van der Waals surface area contributed by atoms with E-state index >= 15 is 0 Å². The molecule has 3 rings (SSSR count). The van der Waals surface area contributed by atoms with Gasteiger partial charge in [-0.2, -0.15) is 13.2 Å². The highest BCUT2D eigenvalue weighted by atomic mass is 19.4. The van der Waals surface area contributed by atoms with Gasteiger partial charge in [0.05, 0.1) is 5.56 Å². The number of pyridine rings is 1. The SMILES string of the molecule is [O-]c1cc(NCc2ccc(C(F)(F)F)cc2Oc2ccc(OC(F)(F)F)cc2)ccn1. The number of ether oxygens (including phenoxy) is 2. The van der Waals surface area contributed by atoms with Crippen molar-refractivity contribution in [1.29, 1.82) is 0 Å². The van der Waals surface area contributed by atoms with E-state index in [1.807, 2.05) is 0 Å². The Morgan fingerprint density at radius 2 is 1.55 bits per heavy atom. The number of halogens is 6. The minimum Gasteiger partial charge on any atom is -0.859 e. The summed E-state index contributed by atoms with van der Waals surface area (Å²) in [5.74, 6) is -1.16. The van der Waals surface area contributed by atoms with E-state index in [4.69, 9.17) is 4.74 Å². The lowest BCUT2D eigenvalue weighted by molar-refractivity contribution is -0.275. The van der Waals surface area contributed by atoms with Crippen LogP contribution in [0.1, 0.15) is 11.1 Å². The molecule has 0 spiro atoms. The Morgan fingerprint density at radius 1 is 0.871 bits per heavy atom. The maximum absolute atomic E-state index is 13.1. The molecule has 0 unspecified atom stereocenters. The number of nitrogens with one attached hydrogen (secondary N) is 1. The van der Waals surface area contributed by atoms with Crippen LogP contribution < -0.4 is 19.9 Å². The van der Waals surface area contributed by atoms with E-state index in [-0.39, 0.29) is 18.0 Å². The van der Waals surface area contributed by atoms with Gasteiger partial charge in [-0.15, -0.1) is 13.2 Å². The average molecular weight is 443 g/mol. The highest BCUT2D eigenvalue weighted by Gasteiger charge is 2.32. The van der Waals surface area contributed by atoms with Gasteiger partial charge in [0.25, 0.3) is 0 Å². The Labute approximate surface area is 171 Å². The molecule has 0 atom stereocenters. The van der Waals surface area contributed by atoms with Crippen LogP contribution in [-0.4, -0.2) is 11.3 Å². The van der Waals surface area contributed by atoms with Gasteiger partial charge in [-0.05, 0) is 54.4 Å². The highest BCUT2D eigenvalue weighted by Crippen LogP contribution is 2.36. The monoisotopic (exact) mass is 443 g/mol. The summed E-state index contributed by atoms with van der Waals surface area (Å²) < 4.78 is 85.3. The van der Waals surface area contributed by atoms with Crippen LogP contribution in [0.25, 0.3) is 0 Å². The molecule has 2 aromatic carbocycles. The third-order valence-corrected chi connectivity index (χ3v) is 3.90. The molecule has 0 radical (unpaired) electrons. The van der Waals surface area contributed by atoms with Gasteiger partial charge >= 0.3 is 12.5 Å². The Kier molecular flexibility index (Phi) is 6.14. The smallest absolute Gasteiger partial charge is 0.573 e. The molecule has 11 heteroatoms. The molecular formula is C20H13F6N2O3-. The molecule has 0 aliphatic rings. The van der Waals surface area contributed by atoms with Crippen molar-refractivity contribution in [2.75, 3.05) is 5.32 Å². The zero-order chi connectivity index (χ0) is 22.6. The molecule has 0 aliphatic carbocycles. The van der Waals surface area contributed by atoms with Gasteiger partial charge in [0.2, 0.25) is 0 Å². The van der Waals surface area contributed by atoms with Gasteiger partial charge in [0.15, 0.2) is 0 Å². The normalized spacial score (nSPS) is 11.8. The van der Waals surface area contributed by atoms with E-state index in [1.165, 1.54) is 24.4 Å². The first kappa shape index (κ1) is 22.1. The first-order chi connectivity index (χ1) is 14.5. The van der Waals surface area contributed by atoms with Crippen LogP contribution in [0.15, 0.2) is 60.8 Å². The summed E-state index contributed by atoms with van der Waals surface area (Å²) in [4.78, 5) is 3.51. The number of rotatable bonds is 6. The van der Waals surface area contributed by atoms with E-state index in [0.29, 0.717) is 11.3 Å². The van der Waals surface area contributed by atoms with Gasteiger partial charge < -0.3 is 19.9 Å². The van der Waals surface area contributed by atoms with Crippen molar-refractivity contribution in [1.82, 2.24) is 4.98 Å². The maximum Gasteiger partial charge on any atom is 0.573 e. The van der Waals surface area contributed by atoms with E-state index in [0.717, 1.165) is 36.4 Å². The Bertz CT molecular complexity index is 1040. The Hall–Kier alpha value is -3.63. The van der Waals surface area contributed by atoms with Crippen LogP contribution in [0.5, 0.6) is 23.1 Å². The Morgan fingerprint density at radius 3 is 2.16 bits per heavy atom. The zero-order valence-electron chi connectivity index (χ0n) is 15.4. The minimum atomic E-state index is -4.88. The Balaban J connectivity index is 1.83. The molecular weight excluding hydrogens is 430 g/mol. The predicted octanol–water partition coefficient (Wildman–Crippen LogP) is 5.48. The van der Waals surface area contributed by atoms with Gasteiger partial charge in [-0.1, -0.05) is 6.07 Å². The average Bonchev–Trinajstić information content (AvgIpc) is 2.67. The largest absolute Gasteiger partial charge is 0.859 e. The lowest BCUT2D eigenvalue weighted by Gasteiger charge is -2.16. The van der Waals surface area contributed by atoms with Gasteiger partial charge in [-0.3, -0.25) is 4.98 Å². The first-order valence-electron chi connectivity index (χ1n) is 8.60. The molecule has 1 aromatic heterocycles. The van der Waals surface area contributed by atoms with Crippen LogP contribution in [0.3, 0.4) is 0 Å². The van der Waals surface area contributed by atoms with Crippen molar-refractivity contribution >= 4 is 5.69 Å². The number of alkyl halides is 6.